The molecule has 0 atom stereocenters. The number of hydrogen-bond acceptors (Lipinski definition) is 5. The van der Waals surface area contributed by atoms with Crippen LogP contribution in [0.5, 0.6) is 0 Å². The Bertz CT molecular complexity index is 478. The first-order valence-electron chi connectivity index (χ1n) is 4.98. The largest absolute Gasteiger partial charge is 0.478 e. The lowest BCUT2D eigenvalue weighted by Gasteiger charge is -2.08. The Morgan fingerprint density at radius 1 is 1.50 bits per heavy atom. The molecule has 0 radical (unpaired) electrons. The molecule has 1 aromatic rings. The van der Waals surface area contributed by atoms with Gasteiger partial charge in [-0.1, -0.05) is 0 Å². The van der Waals surface area contributed by atoms with Crippen LogP contribution in [-0.4, -0.2) is 29.9 Å². The third-order valence-corrected chi connectivity index (χ3v) is 3.22. The summed E-state index contributed by atoms with van der Waals surface area (Å²) in [6, 6.07) is 2.43. The number of carboxylic acid groups (broad SMARTS) is 1. The lowest BCUT2D eigenvalue weighted by Crippen LogP contribution is -2.07. The number of methoxy groups -OCH3 is 1. The second-order valence-corrected chi connectivity index (χ2v) is 4.45. The predicted molar refractivity (Wildman–Crippen MR) is 65.1 cm³/mol. The van der Waals surface area contributed by atoms with E-state index in [1.54, 1.807) is 0 Å². The van der Waals surface area contributed by atoms with Crippen molar-refractivity contribution in [1.29, 1.82) is 0 Å². The molecule has 0 saturated heterocycles. The average Bonchev–Trinajstić information content (AvgIpc) is 2.33. The van der Waals surface area contributed by atoms with Crippen molar-refractivity contribution in [1.82, 2.24) is 0 Å². The summed E-state index contributed by atoms with van der Waals surface area (Å²) < 4.78 is 17.6. The van der Waals surface area contributed by atoms with E-state index < -0.39 is 23.4 Å². The van der Waals surface area contributed by atoms with Crippen LogP contribution < -0.4 is 5.73 Å². The van der Waals surface area contributed by atoms with Gasteiger partial charge in [0.05, 0.1) is 24.8 Å². The van der Waals surface area contributed by atoms with Crippen LogP contribution in [0.3, 0.4) is 0 Å². The first-order valence-corrected chi connectivity index (χ1v) is 5.96. The fraction of sp³-hybridized carbons (Fsp3) is 0.273. The molecule has 0 heterocycles. The lowest BCUT2D eigenvalue weighted by molar-refractivity contribution is -0.140. The van der Waals surface area contributed by atoms with Crippen LogP contribution in [0, 0.1) is 5.82 Å². The van der Waals surface area contributed by atoms with Gasteiger partial charge in [-0.2, -0.15) is 0 Å². The third-order valence-electron chi connectivity index (χ3n) is 2.16. The molecule has 0 saturated carbocycles. The first-order chi connectivity index (χ1) is 8.47. The van der Waals surface area contributed by atoms with Gasteiger partial charge in [-0.25, -0.2) is 9.18 Å². The van der Waals surface area contributed by atoms with Crippen LogP contribution >= 0.6 is 11.8 Å². The molecule has 5 nitrogen and oxygen atoms in total. The smallest absolute Gasteiger partial charge is 0.339 e. The minimum atomic E-state index is -1.30. The predicted octanol–water partition coefficient (Wildman–Crippen LogP) is 1.76. The molecule has 0 aliphatic heterocycles. The summed E-state index contributed by atoms with van der Waals surface area (Å²) in [5, 5.41) is 8.97. The van der Waals surface area contributed by atoms with Crippen LogP contribution in [0.2, 0.25) is 0 Å². The number of carboxylic acids is 1. The van der Waals surface area contributed by atoms with E-state index in [1.165, 1.54) is 13.2 Å². The molecule has 0 spiro atoms. The highest BCUT2D eigenvalue weighted by Gasteiger charge is 2.17. The zero-order valence-electron chi connectivity index (χ0n) is 9.60. The Morgan fingerprint density at radius 2 is 2.17 bits per heavy atom. The number of nitrogens with two attached hydrogens (primary N) is 1. The molecule has 3 N–H and O–H groups in total. The van der Waals surface area contributed by atoms with E-state index in [0.717, 1.165) is 17.8 Å². The summed E-state index contributed by atoms with van der Waals surface area (Å²) in [6.07, 6.45) is 0.136. The minimum Gasteiger partial charge on any atom is -0.478 e. The fourth-order valence-electron chi connectivity index (χ4n) is 1.26. The number of benzene rings is 1. The van der Waals surface area contributed by atoms with Gasteiger partial charge in [0.1, 0.15) is 5.82 Å². The molecule has 0 aliphatic rings. The number of anilines is 1. The van der Waals surface area contributed by atoms with Gasteiger partial charge >= 0.3 is 11.9 Å². The monoisotopic (exact) mass is 273 g/mol. The van der Waals surface area contributed by atoms with E-state index >= 15 is 0 Å². The Labute approximate surface area is 107 Å². The van der Waals surface area contributed by atoms with Crippen molar-refractivity contribution in [2.24, 2.45) is 0 Å². The maximum atomic E-state index is 13.2. The molecule has 7 heteroatoms. The van der Waals surface area contributed by atoms with Crippen molar-refractivity contribution in [3.63, 3.8) is 0 Å². The van der Waals surface area contributed by atoms with E-state index in [0.29, 0.717) is 10.6 Å². The van der Waals surface area contributed by atoms with E-state index in [1.807, 2.05) is 0 Å². The summed E-state index contributed by atoms with van der Waals surface area (Å²) in [5.74, 6) is -2.13. The summed E-state index contributed by atoms with van der Waals surface area (Å²) in [4.78, 5) is 22.2. The van der Waals surface area contributed by atoms with E-state index in [9.17, 15) is 14.0 Å². The Balaban J connectivity index is 2.86. The molecule has 0 unspecified atom stereocenters. The summed E-state index contributed by atoms with van der Waals surface area (Å²) in [7, 11) is 1.27. The number of rotatable bonds is 5. The van der Waals surface area contributed by atoms with Crippen LogP contribution in [0.1, 0.15) is 16.8 Å². The lowest BCUT2D eigenvalue weighted by atomic mass is 10.2. The Morgan fingerprint density at radius 3 is 2.72 bits per heavy atom. The summed E-state index contributed by atoms with van der Waals surface area (Å²) >= 11 is 1.11. The Hall–Kier alpha value is -1.76. The number of nitrogen functional groups attached to an aromatic ring is 1. The molecule has 0 aromatic heterocycles. The van der Waals surface area contributed by atoms with Crippen molar-refractivity contribution in [2.45, 2.75) is 11.3 Å². The van der Waals surface area contributed by atoms with Gasteiger partial charge in [0.2, 0.25) is 0 Å². The quantitative estimate of drug-likeness (QED) is 0.482. The molecular weight excluding hydrogens is 261 g/mol. The van der Waals surface area contributed by atoms with Crippen molar-refractivity contribution in [3.8, 4) is 0 Å². The number of esters is 1. The number of carbonyl (C=O) groups is 2. The molecule has 0 fully saturated rings. The SMILES string of the molecule is COC(=O)CCSc1ccc(F)c(N)c1C(=O)O. The van der Waals surface area contributed by atoms with Gasteiger partial charge < -0.3 is 15.6 Å². The standard InChI is InChI=1S/C11H12FNO4S/c1-17-8(14)4-5-18-7-3-2-6(12)10(13)9(7)11(15)16/h2-3H,4-5,13H2,1H3,(H,15,16). The van der Waals surface area contributed by atoms with Gasteiger partial charge in [-0.3, -0.25) is 4.79 Å². The van der Waals surface area contributed by atoms with Crippen LogP contribution in [0.4, 0.5) is 10.1 Å². The number of thioether (sulfide) groups is 1. The number of hydrogen-bond donors (Lipinski definition) is 2. The van der Waals surface area contributed by atoms with Crippen LogP contribution in [0.15, 0.2) is 17.0 Å². The molecule has 0 bridgehead atoms. The third kappa shape index (κ3) is 3.36. The number of aromatic carboxylic acids is 1. The second-order valence-electron chi connectivity index (χ2n) is 3.31. The average molecular weight is 273 g/mol. The van der Waals surface area contributed by atoms with Gasteiger partial charge in [-0.05, 0) is 12.1 Å². The molecule has 0 amide bonds. The normalized spacial score (nSPS) is 10.1. The first kappa shape index (κ1) is 14.3. The van der Waals surface area contributed by atoms with Gasteiger partial charge in [0, 0.05) is 10.6 Å². The Kier molecular flexibility index (Phi) is 4.96. The summed E-state index contributed by atoms with van der Waals surface area (Å²) in [5.41, 5.74) is 4.71. The molecular formula is C11H12FNO4S. The van der Waals surface area contributed by atoms with Crippen molar-refractivity contribution >= 4 is 29.4 Å². The number of halogens is 1. The molecule has 1 rings (SSSR count). The zero-order valence-corrected chi connectivity index (χ0v) is 10.4. The minimum absolute atomic E-state index is 0.136. The molecule has 1 aromatic carbocycles. The zero-order chi connectivity index (χ0) is 13.7. The molecule has 98 valence electrons. The maximum Gasteiger partial charge on any atom is 0.339 e. The second kappa shape index (κ2) is 6.25. The number of ether oxygens (including phenoxy) is 1. The van der Waals surface area contributed by atoms with Gasteiger partial charge in [-0.15, -0.1) is 11.8 Å². The van der Waals surface area contributed by atoms with Gasteiger partial charge in [0.15, 0.2) is 0 Å². The van der Waals surface area contributed by atoms with Crippen molar-refractivity contribution in [2.75, 3.05) is 18.6 Å². The highest BCUT2D eigenvalue weighted by molar-refractivity contribution is 7.99. The molecule has 0 aliphatic carbocycles. The van der Waals surface area contributed by atoms with Crippen LogP contribution in [0.25, 0.3) is 0 Å². The highest BCUT2D eigenvalue weighted by Crippen LogP contribution is 2.29. The van der Waals surface area contributed by atoms with Crippen LogP contribution in [-0.2, 0) is 9.53 Å². The number of carbonyl (C=O) groups excluding carboxylic acids is 1. The van der Waals surface area contributed by atoms with Crippen molar-refractivity contribution in [3.05, 3.63) is 23.5 Å². The van der Waals surface area contributed by atoms with Crippen molar-refractivity contribution < 1.29 is 23.8 Å². The topological polar surface area (TPSA) is 89.6 Å². The maximum absolute atomic E-state index is 13.2. The van der Waals surface area contributed by atoms with E-state index in [2.05, 4.69) is 4.74 Å². The fourth-order valence-corrected chi connectivity index (χ4v) is 2.26. The van der Waals surface area contributed by atoms with E-state index in [-0.39, 0.29) is 12.0 Å². The van der Waals surface area contributed by atoms with E-state index in [4.69, 9.17) is 10.8 Å². The highest BCUT2D eigenvalue weighted by atomic mass is 32.2. The van der Waals surface area contributed by atoms with Gasteiger partial charge in [0.25, 0.3) is 0 Å². The summed E-state index contributed by atoms with van der Waals surface area (Å²) in [6.45, 7) is 0. The molecule has 18 heavy (non-hydrogen) atoms.